The Morgan fingerprint density at radius 1 is 1.29 bits per heavy atom. The molecule has 1 heterocycles. The molecule has 17 heavy (non-hydrogen) atoms. The maximum absolute atomic E-state index is 5.27. The van der Waals surface area contributed by atoms with Gasteiger partial charge in [0.25, 0.3) is 0 Å². The van der Waals surface area contributed by atoms with Gasteiger partial charge in [0.05, 0.1) is 6.61 Å². The van der Waals surface area contributed by atoms with Gasteiger partial charge in [-0.2, -0.15) is 0 Å². The number of para-hydroxylation sites is 1. The van der Waals surface area contributed by atoms with Crippen molar-refractivity contribution in [2.24, 2.45) is 0 Å². The number of aromatic amines is 1. The van der Waals surface area contributed by atoms with E-state index >= 15 is 0 Å². The molecule has 2 N–H and O–H groups in total. The predicted octanol–water partition coefficient (Wildman–Crippen LogP) is 2.72. The molecule has 0 atom stereocenters. The predicted molar refractivity (Wildman–Crippen MR) is 73.7 cm³/mol. The van der Waals surface area contributed by atoms with Gasteiger partial charge in [-0.25, -0.2) is 0 Å². The van der Waals surface area contributed by atoms with Crippen LogP contribution >= 0.6 is 12.4 Å². The molecular weight excluding hydrogens is 236 g/mol. The van der Waals surface area contributed by atoms with Crippen LogP contribution in [0.1, 0.15) is 12.5 Å². The van der Waals surface area contributed by atoms with Crippen molar-refractivity contribution in [1.29, 1.82) is 0 Å². The maximum atomic E-state index is 5.27. The van der Waals surface area contributed by atoms with Gasteiger partial charge in [-0.15, -0.1) is 12.4 Å². The van der Waals surface area contributed by atoms with Crippen LogP contribution in [0.4, 0.5) is 0 Å². The first-order chi connectivity index (χ1) is 7.92. The van der Waals surface area contributed by atoms with E-state index in [-0.39, 0.29) is 12.4 Å². The van der Waals surface area contributed by atoms with Crippen LogP contribution in [0.3, 0.4) is 0 Å². The summed E-state index contributed by atoms with van der Waals surface area (Å²) in [6.07, 6.45) is 1.98. The second-order valence-corrected chi connectivity index (χ2v) is 3.73. The van der Waals surface area contributed by atoms with Crippen LogP contribution in [0.15, 0.2) is 30.5 Å². The lowest BCUT2D eigenvalue weighted by Gasteiger charge is -2.06. The minimum atomic E-state index is 0. The topological polar surface area (TPSA) is 37.0 Å². The molecule has 0 saturated carbocycles. The van der Waals surface area contributed by atoms with E-state index in [2.05, 4.69) is 34.6 Å². The number of ether oxygens (including phenoxy) is 1. The fourth-order valence-electron chi connectivity index (χ4n) is 1.81. The fraction of sp³-hybridized carbons (Fsp3) is 0.385. The number of fused-ring (bicyclic) bond motifs is 1. The maximum Gasteiger partial charge on any atom is 0.0590 e. The van der Waals surface area contributed by atoms with Gasteiger partial charge < -0.3 is 15.0 Å². The number of hydrogen-bond acceptors (Lipinski definition) is 2. The van der Waals surface area contributed by atoms with Crippen molar-refractivity contribution in [2.45, 2.75) is 13.5 Å². The van der Waals surface area contributed by atoms with Crippen molar-refractivity contribution in [1.82, 2.24) is 10.3 Å². The fourth-order valence-corrected chi connectivity index (χ4v) is 1.81. The van der Waals surface area contributed by atoms with Gasteiger partial charge in [-0.1, -0.05) is 18.2 Å². The summed E-state index contributed by atoms with van der Waals surface area (Å²) in [5.41, 5.74) is 2.53. The van der Waals surface area contributed by atoms with Crippen LogP contribution in [0.2, 0.25) is 0 Å². The van der Waals surface area contributed by atoms with Crippen LogP contribution in [0.5, 0.6) is 0 Å². The SMILES string of the molecule is CCOCCNCc1cccc2cc[nH]c12.Cl. The van der Waals surface area contributed by atoms with E-state index in [1.165, 1.54) is 16.5 Å². The zero-order valence-corrected chi connectivity index (χ0v) is 10.8. The molecule has 1 aromatic heterocycles. The van der Waals surface area contributed by atoms with Gasteiger partial charge in [0.2, 0.25) is 0 Å². The van der Waals surface area contributed by atoms with E-state index in [1.54, 1.807) is 0 Å². The quantitative estimate of drug-likeness (QED) is 0.778. The number of nitrogens with one attached hydrogen (secondary N) is 2. The van der Waals surface area contributed by atoms with Gasteiger partial charge in [0.1, 0.15) is 0 Å². The second kappa shape index (κ2) is 7.33. The second-order valence-electron chi connectivity index (χ2n) is 3.73. The molecule has 0 amide bonds. The number of hydrogen-bond donors (Lipinski definition) is 2. The van der Waals surface area contributed by atoms with Crippen molar-refractivity contribution in [3.05, 3.63) is 36.0 Å². The summed E-state index contributed by atoms with van der Waals surface area (Å²) in [7, 11) is 0. The smallest absolute Gasteiger partial charge is 0.0590 e. The largest absolute Gasteiger partial charge is 0.380 e. The van der Waals surface area contributed by atoms with E-state index in [1.807, 2.05) is 13.1 Å². The average Bonchev–Trinajstić information content (AvgIpc) is 2.77. The highest BCUT2D eigenvalue weighted by atomic mass is 35.5. The first-order valence-electron chi connectivity index (χ1n) is 5.75. The molecule has 0 aliphatic carbocycles. The first-order valence-corrected chi connectivity index (χ1v) is 5.75. The summed E-state index contributed by atoms with van der Waals surface area (Å²) in [5.74, 6) is 0. The van der Waals surface area contributed by atoms with E-state index < -0.39 is 0 Å². The molecule has 0 aliphatic rings. The number of halogens is 1. The van der Waals surface area contributed by atoms with Crippen LogP contribution in [-0.2, 0) is 11.3 Å². The van der Waals surface area contributed by atoms with Crippen LogP contribution in [0, 0.1) is 0 Å². The summed E-state index contributed by atoms with van der Waals surface area (Å²) in [6.45, 7) is 5.35. The third-order valence-corrected chi connectivity index (χ3v) is 2.62. The van der Waals surface area contributed by atoms with Crippen molar-refractivity contribution >= 4 is 23.3 Å². The Labute approximate surface area is 108 Å². The van der Waals surface area contributed by atoms with Crippen LogP contribution < -0.4 is 5.32 Å². The summed E-state index contributed by atoms with van der Waals surface area (Å²) in [5, 5.41) is 4.64. The zero-order valence-electron chi connectivity index (χ0n) is 10.0. The lowest BCUT2D eigenvalue weighted by molar-refractivity contribution is 0.149. The molecule has 0 saturated heterocycles. The molecule has 1 aromatic carbocycles. The number of H-pyrrole nitrogens is 1. The zero-order chi connectivity index (χ0) is 11.2. The molecule has 3 nitrogen and oxygen atoms in total. The van der Waals surface area contributed by atoms with Gasteiger partial charge >= 0.3 is 0 Å². The Balaban J connectivity index is 0.00000144. The Kier molecular flexibility index (Phi) is 6.05. The number of rotatable bonds is 6. The number of benzene rings is 1. The average molecular weight is 255 g/mol. The summed E-state index contributed by atoms with van der Waals surface area (Å²) in [6, 6.07) is 8.46. The Morgan fingerprint density at radius 3 is 3.00 bits per heavy atom. The lowest BCUT2D eigenvalue weighted by atomic mass is 10.1. The normalized spacial score (nSPS) is 10.4. The molecule has 0 spiro atoms. The van der Waals surface area contributed by atoms with Crippen molar-refractivity contribution in [2.75, 3.05) is 19.8 Å². The minimum absolute atomic E-state index is 0. The monoisotopic (exact) mass is 254 g/mol. The van der Waals surface area contributed by atoms with E-state index in [0.717, 1.165) is 26.3 Å². The molecule has 0 bridgehead atoms. The van der Waals surface area contributed by atoms with E-state index in [0.29, 0.717) is 0 Å². The highest BCUT2D eigenvalue weighted by Crippen LogP contribution is 2.16. The molecule has 94 valence electrons. The summed E-state index contributed by atoms with van der Waals surface area (Å²) >= 11 is 0. The number of aromatic nitrogens is 1. The molecule has 2 rings (SSSR count). The van der Waals surface area contributed by atoms with Gasteiger partial charge in [-0.3, -0.25) is 0 Å². The molecule has 0 radical (unpaired) electrons. The van der Waals surface area contributed by atoms with Gasteiger partial charge in [-0.05, 0) is 23.9 Å². The summed E-state index contributed by atoms with van der Waals surface area (Å²) < 4.78 is 5.27. The van der Waals surface area contributed by atoms with Crippen LogP contribution in [-0.4, -0.2) is 24.7 Å². The molecular formula is C13H19ClN2O. The first kappa shape index (κ1) is 14.0. The molecule has 0 fully saturated rings. The molecule has 0 aliphatic heterocycles. The van der Waals surface area contributed by atoms with Crippen molar-refractivity contribution < 1.29 is 4.74 Å². The third-order valence-electron chi connectivity index (χ3n) is 2.62. The molecule has 0 unspecified atom stereocenters. The Hall–Kier alpha value is -1.03. The van der Waals surface area contributed by atoms with Crippen molar-refractivity contribution in [3.63, 3.8) is 0 Å². The third kappa shape index (κ3) is 3.73. The molecule has 4 heteroatoms. The highest BCUT2D eigenvalue weighted by molar-refractivity contribution is 5.85. The highest BCUT2D eigenvalue weighted by Gasteiger charge is 2.00. The van der Waals surface area contributed by atoms with E-state index in [9.17, 15) is 0 Å². The molecule has 2 aromatic rings. The van der Waals surface area contributed by atoms with Gasteiger partial charge in [0.15, 0.2) is 0 Å². The Morgan fingerprint density at radius 2 is 2.18 bits per heavy atom. The van der Waals surface area contributed by atoms with Crippen molar-refractivity contribution in [3.8, 4) is 0 Å². The van der Waals surface area contributed by atoms with E-state index in [4.69, 9.17) is 4.74 Å². The standard InChI is InChI=1S/C13H18N2O.ClH/c1-2-16-9-8-14-10-12-5-3-4-11-6-7-15-13(11)12;/h3-7,14-15H,2,8-10H2,1H3;1H. The Bertz CT molecular complexity index is 442. The lowest BCUT2D eigenvalue weighted by Crippen LogP contribution is -2.19. The van der Waals surface area contributed by atoms with Gasteiger partial charge in [0, 0.05) is 31.4 Å². The minimum Gasteiger partial charge on any atom is -0.380 e. The van der Waals surface area contributed by atoms with Crippen LogP contribution in [0.25, 0.3) is 10.9 Å². The summed E-state index contributed by atoms with van der Waals surface area (Å²) in [4.78, 5) is 3.27.